The van der Waals surface area contributed by atoms with Gasteiger partial charge in [0.25, 0.3) is 5.91 Å². The highest BCUT2D eigenvalue weighted by Gasteiger charge is 2.25. The molecule has 1 aromatic carbocycles. The van der Waals surface area contributed by atoms with E-state index in [1.54, 1.807) is 12.1 Å². The lowest BCUT2D eigenvalue weighted by Gasteiger charge is -2.30. The van der Waals surface area contributed by atoms with Gasteiger partial charge >= 0.3 is 0 Å². The lowest BCUT2D eigenvalue weighted by atomic mass is 9.85. The minimum atomic E-state index is -0.0952. The van der Waals surface area contributed by atoms with Crippen molar-refractivity contribution in [3.05, 3.63) is 22.2 Å². The van der Waals surface area contributed by atoms with Gasteiger partial charge in [-0.25, -0.2) is 0 Å². The van der Waals surface area contributed by atoms with E-state index in [-0.39, 0.29) is 17.4 Å². The standard InChI is InChI=1S/C21H34BrNO3/c1-8-18(21(5,6)7)23-20(24)15-12-16(22)19(17(13-15)25-9-2)26-11-10-14(3)4/h12-14,18H,8-11H2,1-7H3,(H,23,24)/t18-/m1/s1. The molecule has 0 aliphatic rings. The maximum atomic E-state index is 12.8. The van der Waals surface area contributed by atoms with Crippen LogP contribution in [-0.2, 0) is 0 Å². The van der Waals surface area contributed by atoms with E-state index in [9.17, 15) is 4.79 Å². The summed E-state index contributed by atoms with van der Waals surface area (Å²) in [5.41, 5.74) is 0.573. The molecule has 1 aromatic rings. The molecule has 0 aliphatic carbocycles. The van der Waals surface area contributed by atoms with Gasteiger partial charge in [0.1, 0.15) is 0 Å². The highest BCUT2D eigenvalue weighted by molar-refractivity contribution is 9.10. The van der Waals surface area contributed by atoms with Crippen molar-refractivity contribution in [1.29, 1.82) is 0 Å². The summed E-state index contributed by atoms with van der Waals surface area (Å²) in [6.45, 7) is 15.9. The quantitative estimate of drug-likeness (QED) is 0.539. The molecule has 0 aromatic heterocycles. The molecular weight excluding hydrogens is 394 g/mol. The third-order valence-corrected chi connectivity index (χ3v) is 4.86. The molecule has 1 atom stereocenters. The number of carbonyl (C=O) groups excluding carboxylic acids is 1. The van der Waals surface area contributed by atoms with Gasteiger partial charge in [-0.3, -0.25) is 4.79 Å². The fourth-order valence-corrected chi connectivity index (χ4v) is 3.23. The summed E-state index contributed by atoms with van der Waals surface area (Å²) in [6.07, 6.45) is 1.84. The van der Waals surface area contributed by atoms with Gasteiger partial charge in [-0.2, -0.15) is 0 Å². The first kappa shape index (κ1) is 22.8. The van der Waals surface area contributed by atoms with Crippen LogP contribution in [0.1, 0.15) is 71.7 Å². The number of ether oxygens (including phenoxy) is 2. The van der Waals surface area contributed by atoms with E-state index in [4.69, 9.17) is 9.47 Å². The molecule has 0 aliphatic heterocycles. The lowest BCUT2D eigenvalue weighted by Crippen LogP contribution is -2.43. The molecule has 0 saturated heterocycles. The Bertz CT molecular complexity index is 594. The van der Waals surface area contributed by atoms with Crippen molar-refractivity contribution in [2.75, 3.05) is 13.2 Å². The third kappa shape index (κ3) is 6.82. The number of nitrogens with one attached hydrogen (secondary N) is 1. The van der Waals surface area contributed by atoms with Crippen molar-refractivity contribution >= 4 is 21.8 Å². The highest BCUT2D eigenvalue weighted by Crippen LogP contribution is 2.37. The number of carbonyl (C=O) groups is 1. The van der Waals surface area contributed by atoms with E-state index >= 15 is 0 Å². The predicted octanol–water partition coefficient (Wildman–Crippen LogP) is 5.83. The molecule has 0 fully saturated rings. The topological polar surface area (TPSA) is 47.6 Å². The molecule has 4 nitrogen and oxygen atoms in total. The van der Waals surface area contributed by atoms with Crippen molar-refractivity contribution in [3.63, 3.8) is 0 Å². The van der Waals surface area contributed by atoms with Crippen molar-refractivity contribution < 1.29 is 14.3 Å². The van der Waals surface area contributed by atoms with Crippen LogP contribution in [0.3, 0.4) is 0 Å². The monoisotopic (exact) mass is 427 g/mol. The second-order valence-electron chi connectivity index (χ2n) is 8.05. The van der Waals surface area contributed by atoms with Crippen molar-refractivity contribution in [1.82, 2.24) is 5.32 Å². The summed E-state index contributed by atoms with van der Waals surface area (Å²) < 4.78 is 12.4. The van der Waals surface area contributed by atoms with Gasteiger partial charge in [0, 0.05) is 11.6 Å². The number of halogens is 1. The average Bonchev–Trinajstić information content (AvgIpc) is 2.53. The minimum absolute atomic E-state index is 0.00425. The number of benzene rings is 1. The molecule has 1 rings (SSSR count). The molecule has 0 saturated carbocycles. The summed E-state index contributed by atoms with van der Waals surface area (Å²) in [5, 5.41) is 3.14. The summed E-state index contributed by atoms with van der Waals surface area (Å²) >= 11 is 3.54. The SMILES string of the molecule is CCOc1cc(C(=O)N[C@H](CC)C(C)(C)C)cc(Br)c1OCCC(C)C. The number of amides is 1. The number of hydrogen-bond donors (Lipinski definition) is 1. The Balaban J connectivity index is 3.04. The first-order valence-electron chi connectivity index (χ1n) is 9.50. The van der Waals surface area contributed by atoms with Gasteiger partial charge < -0.3 is 14.8 Å². The molecule has 1 amide bonds. The lowest BCUT2D eigenvalue weighted by molar-refractivity contribution is 0.0899. The molecule has 26 heavy (non-hydrogen) atoms. The van der Waals surface area contributed by atoms with Gasteiger partial charge in [0.2, 0.25) is 0 Å². The van der Waals surface area contributed by atoms with E-state index < -0.39 is 0 Å². The summed E-state index contributed by atoms with van der Waals surface area (Å²) in [4.78, 5) is 12.8. The predicted molar refractivity (Wildman–Crippen MR) is 111 cm³/mol. The number of hydrogen-bond acceptors (Lipinski definition) is 3. The second-order valence-corrected chi connectivity index (χ2v) is 8.90. The van der Waals surface area contributed by atoms with Gasteiger partial charge in [0.15, 0.2) is 11.5 Å². The zero-order valence-corrected chi connectivity index (χ0v) is 18.8. The first-order valence-corrected chi connectivity index (χ1v) is 10.3. The van der Waals surface area contributed by atoms with Gasteiger partial charge in [0.05, 0.1) is 17.7 Å². The van der Waals surface area contributed by atoms with E-state index in [2.05, 4.69) is 62.8 Å². The van der Waals surface area contributed by atoms with Gasteiger partial charge in [-0.1, -0.05) is 41.5 Å². The molecule has 148 valence electrons. The number of rotatable bonds is 9. The van der Waals surface area contributed by atoms with E-state index in [0.29, 0.717) is 36.2 Å². The Kier molecular flexibility index (Phi) is 8.94. The highest BCUT2D eigenvalue weighted by atomic mass is 79.9. The zero-order valence-electron chi connectivity index (χ0n) is 17.2. The van der Waals surface area contributed by atoms with Gasteiger partial charge in [-0.15, -0.1) is 0 Å². The van der Waals surface area contributed by atoms with Crippen LogP contribution in [0.25, 0.3) is 0 Å². The van der Waals surface area contributed by atoms with E-state index in [1.165, 1.54) is 0 Å². The smallest absolute Gasteiger partial charge is 0.251 e. The van der Waals surface area contributed by atoms with Crippen LogP contribution in [0.15, 0.2) is 16.6 Å². The third-order valence-electron chi connectivity index (χ3n) is 4.27. The Morgan fingerprint density at radius 2 is 1.85 bits per heavy atom. The molecule has 0 spiro atoms. The zero-order chi connectivity index (χ0) is 19.9. The molecule has 0 bridgehead atoms. The van der Waals surface area contributed by atoms with Crippen LogP contribution in [0, 0.1) is 11.3 Å². The summed E-state index contributed by atoms with van der Waals surface area (Å²) in [5.74, 6) is 1.73. The Hall–Kier alpha value is -1.23. The van der Waals surface area contributed by atoms with E-state index in [0.717, 1.165) is 17.3 Å². The molecule has 0 radical (unpaired) electrons. The second kappa shape index (κ2) is 10.2. The molecule has 0 unspecified atom stereocenters. The van der Waals surface area contributed by atoms with Crippen LogP contribution in [0.4, 0.5) is 0 Å². The summed E-state index contributed by atoms with van der Waals surface area (Å²) in [6, 6.07) is 3.67. The molecule has 5 heteroatoms. The molecule has 1 N–H and O–H groups in total. The van der Waals surface area contributed by atoms with Crippen LogP contribution < -0.4 is 14.8 Å². The Labute approximate surface area is 167 Å². The van der Waals surface area contributed by atoms with E-state index in [1.807, 2.05) is 6.92 Å². The Morgan fingerprint density at radius 3 is 2.35 bits per heavy atom. The molecule has 0 heterocycles. The Morgan fingerprint density at radius 1 is 1.19 bits per heavy atom. The van der Waals surface area contributed by atoms with Crippen molar-refractivity contribution in [3.8, 4) is 11.5 Å². The maximum absolute atomic E-state index is 12.8. The van der Waals surface area contributed by atoms with Crippen molar-refractivity contribution in [2.45, 2.75) is 67.3 Å². The average molecular weight is 428 g/mol. The van der Waals surface area contributed by atoms with Crippen molar-refractivity contribution in [2.24, 2.45) is 11.3 Å². The van der Waals surface area contributed by atoms with Crippen LogP contribution >= 0.6 is 15.9 Å². The van der Waals surface area contributed by atoms with Crippen LogP contribution in [-0.4, -0.2) is 25.2 Å². The van der Waals surface area contributed by atoms with Crippen LogP contribution in [0.2, 0.25) is 0 Å². The first-order chi connectivity index (χ1) is 12.1. The maximum Gasteiger partial charge on any atom is 0.251 e. The fraction of sp³-hybridized carbons (Fsp3) is 0.667. The minimum Gasteiger partial charge on any atom is -0.490 e. The summed E-state index contributed by atoms with van der Waals surface area (Å²) in [7, 11) is 0. The normalized spacial score (nSPS) is 12.8. The fourth-order valence-electron chi connectivity index (χ4n) is 2.67. The largest absolute Gasteiger partial charge is 0.490 e. The van der Waals surface area contributed by atoms with Crippen LogP contribution in [0.5, 0.6) is 11.5 Å². The van der Waals surface area contributed by atoms with Gasteiger partial charge in [-0.05, 0) is 59.2 Å². The molecular formula is C21H34BrNO3.